The average Bonchev–Trinajstić information content (AvgIpc) is 2.28. The minimum Gasteiger partial charge on any atom is -0.374 e. The average molecular weight is 335 g/mol. The molecule has 0 unspecified atom stereocenters. The van der Waals surface area contributed by atoms with Crippen LogP contribution in [0.1, 0.15) is 31.8 Å². The van der Waals surface area contributed by atoms with Gasteiger partial charge in [0.2, 0.25) is 0 Å². The van der Waals surface area contributed by atoms with Crippen molar-refractivity contribution in [3.63, 3.8) is 0 Å². The Bertz CT molecular complexity index is 344. The van der Waals surface area contributed by atoms with Crippen LogP contribution in [-0.2, 0) is 11.3 Å². The molecule has 1 aromatic rings. The highest BCUT2D eigenvalue weighted by Crippen LogP contribution is 2.18. The number of anilines is 1. The van der Waals surface area contributed by atoms with E-state index in [0.29, 0.717) is 13.2 Å². The van der Waals surface area contributed by atoms with E-state index in [2.05, 4.69) is 44.8 Å². The lowest BCUT2D eigenvalue weighted by Gasteiger charge is -2.10. The molecular weight excluding hydrogens is 317 g/mol. The lowest BCUT2D eigenvalue weighted by molar-refractivity contribution is 0.128. The van der Waals surface area contributed by atoms with E-state index in [9.17, 15) is 0 Å². The molecule has 0 aliphatic carbocycles. The summed E-state index contributed by atoms with van der Waals surface area (Å²) >= 11 is 2.27. The second kappa shape index (κ2) is 7.01. The number of hydrogen-bond donors (Lipinski definition) is 1. The zero-order valence-electron chi connectivity index (χ0n) is 10.0. The largest absolute Gasteiger partial charge is 0.374 e. The van der Waals surface area contributed by atoms with E-state index in [1.807, 2.05) is 13.8 Å². The molecule has 0 amide bonds. The monoisotopic (exact) mass is 335 g/mol. The summed E-state index contributed by atoms with van der Waals surface area (Å²) in [7, 11) is 0. The van der Waals surface area contributed by atoms with Crippen molar-refractivity contribution in [3.05, 3.63) is 15.1 Å². The minimum absolute atomic E-state index is 0.481. The Hall–Kier alpha value is -0.430. The van der Waals surface area contributed by atoms with Gasteiger partial charge in [0, 0.05) is 13.2 Å². The van der Waals surface area contributed by atoms with Gasteiger partial charge in [0.05, 0.1) is 9.26 Å². The summed E-state index contributed by atoms with van der Waals surface area (Å²) in [5, 5.41) is 3.31. The first-order chi connectivity index (χ1) is 7.69. The van der Waals surface area contributed by atoms with Crippen molar-refractivity contribution in [2.24, 2.45) is 0 Å². The molecule has 0 spiro atoms. The molecule has 0 radical (unpaired) electrons. The van der Waals surface area contributed by atoms with Gasteiger partial charge < -0.3 is 10.1 Å². The van der Waals surface area contributed by atoms with Crippen molar-refractivity contribution in [2.45, 2.75) is 33.8 Å². The summed E-state index contributed by atoms with van der Waals surface area (Å²) in [6.45, 7) is 8.20. The topological polar surface area (TPSA) is 47.0 Å². The van der Waals surface area contributed by atoms with Crippen LogP contribution in [0.15, 0.2) is 0 Å². The van der Waals surface area contributed by atoms with Crippen LogP contribution < -0.4 is 5.32 Å². The van der Waals surface area contributed by atoms with Crippen molar-refractivity contribution < 1.29 is 4.74 Å². The molecule has 0 saturated carbocycles. The smallest absolute Gasteiger partial charge is 0.156 e. The number of aryl methyl sites for hydroxylation is 1. The fraction of sp³-hybridized carbons (Fsp3) is 0.636. The summed E-state index contributed by atoms with van der Waals surface area (Å²) in [6.07, 6.45) is 1.08. The van der Waals surface area contributed by atoms with Crippen LogP contribution >= 0.6 is 22.6 Å². The van der Waals surface area contributed by atoms with Gasteiger partial charge in [-0.1, -0.05) is 6.92 Å². The predicted molar refractivity (Wildman–Crippen MR) is 73.6 cm³/mol. The van der Waals surface area contributed by atoms with Gasteiger partial charge in [0.15, 0.2) is 5.82 Å². The lowest BCUT2D eigenvalue weighted by Crippen LogP contribution is -2.10. The lowest BCUT2D eigenvalue weighted by atomic mass is 10.4. The molecule has 0 aliphatic heterocycles. The normalized spacial score (nSPS) is 10.5. The van der Waals surface area contributed by atoms with E-state index in [1.165, 1.54) is 0 Å². The molecule has 5 heteroatoms. The van der Waals surface area contributed by atoms with Crippen molar-refractivity contribution in [1.82, 2.24) is 9.97 Å². The molecule has 0 bridgehead atoms. The van der Waals surface area contributed by atoms with Gasteiger partial charge in [-0.25, -0.2) is 9.97 Å². The molecular formula is C11H18IN3O. The Morgan fingerprint density at radius 2 is 2.06 bits per heavy atom. The first kappa shape index (κ1) is 13.6. The Balaban J connectivity index is 2.83. The first-order valence-corrected chi connectivity index (χ1v) is 6.61. The van der Waals surface area contributed by atoms with E-state index >= 15 is 0 Å². The molecule has 0 aromatic carbocycles. The van der Waals surface area contributed by atoms with Crippen molar-refractivity contribution in [2.75, 3.05) is 18.5 Å². The highest BCUT2D eigenvalue weighted by atomic mass is 127. The van der Waals surface area contributed by atoms with Gasteiger partial charge >= 0.3 is 0 Å². The van der Waals surface area contributed by atoms with Gasteiger partial charge in [0.1, 0.15) is 12.4 Å². The minimum atomic E-state index is 0.481. The third-order valence-corrected chi connectivity index (χ3v) is 3.33. The summed E-state index contributed by atoms with van der Waals surface area (Å²) in [5.74, 6) is 1.67. The summed E-state index contributed by atoms with van der Waals surface area (Å²) in [4.78, 5) is 8.85. The van der Waals surface area contributed by atoms with Gasteiger partial charge in [-0.2, -0.15) is 0 Å². The van der Waals surface area contributed by atoms with Gasteiger partial charge in [-0.15, -0.1) is 0 Å². The summed E-state index contributed by atoms with van der Waals surface area (Å²) < 4.78 is 6.41. The maximum atomic E-state index is 5.32. The summed E-state index contributed by atoms with van der Waals surface area (Å²) in [5.41, 5.74) is 1.00. The van der Waals surface area contributed by atoms with E-state index in [1.54, 1.807) is 0 Å². The standard InChI is InChI=1S/C11H18IN3O/c1-4-6-13-11-10(12)8(3)14-9(15-11)7-16-5-2/h4-7H2,1-3H3,(H,13,14,15). The number of halogens is 1. The Morgan fingerprint density at radius 3 is 2.69 bits per heavy atom. The van der Waals surface area contributed by atoms with Gasteiger partial charge in [-0.3, -0.25) is 0 Å². The zero-order valence-corrected chi connectivity index (χ0v) is 12.2. The fourth-order valence-corrected chi connectivity index (χ4v) is 1.67. The number of nitrogens with zero attached hydrogens (tertiary/aromatic N) is 2. The predicted octanol–water partition coefficient (Wildman–Crippen LogP) is 2.75. The maximum Gasteiger partial charge on any atom is 0.156 e. The third-order valence-electron chi connectivity index (χ3n) is 2.04. The molecule has 0 fully saturated rings. The molecule has 1 N–H and O–H groups in total. The number of hydrogen-bond acceptors (Lipinski definition) is 4. The fourth-order valence-electron chi connectivity index (χ4n) is 1.24. The van der Waals surface area contributed by atoms with E-state index in [-0.39, 0.29) is 0 Å². The van der Waals surface area contributed by atoms with Crippen molar-refractivity contribution >= 4 is 28.4 Å². The van der Waals surface area contributed by atoms with Gasteiger partial charge in [-0.05, 0) is 42.9 Å². The van der Waals surface area contributed by atoms with Crippen LogP contribution in [-0.4, -0.2) is 23.1 Å². The SMILES string of the molecule is CCCNc1nc(COCC)nc(C)c1I. The zero-order chi connectivity index (χ0) is 12.0. The van der Waals surface area contributed by atoms with Crippen LogP contribution in [0.5, 0.6) is 0 Å². The highest BCUT2D eigenvalue weighted by Gasteiger charge is 2.08. The Kier molecular flexibility index (Phi) is 5.97. The van der Waals surface area contributed by atoms with Crippen LogP contribution in [0, 0.1) is 10.5 Å². The molecule has 1 rings (SSSR count). The quantitative estimate of drug-likeness (QED) is 0.812. The molecule has 0 atom stereocenters. The Morgan fingerprint density at radius 1 is 1.31 bits per heavy atom. The van der Waals surface area contributed by atoms with Crippen LogP contribution in [0.4, 0.5) is 5.82 Å². The van der Waals surface area contributed by atoms with Crippen LogP contribution in [0.3, 0.4) is 0 Å². The first-order valence-electron chi connectivity index (χ1n) is 5.53. The molecule has 1 aromatic heterocycles. The van der Waals surface area contributed by atoms with Gasteiger partial charge in [0.25, 0.3) is 0 Å². The van der Waals surface area contributed by atoms with Crippen molar-refractivity contribution in [1.29, 1.82) is 0 Å². The molecule has 1 heterocycles. The Labute approximate surface area is 110 Å². The maximum absolute atomic E-state index is 5.32. The summed E-state index contributed by atoms with van der Waals surface area (Å²) in [6, 6.07) is 0. The number of aromatic nitrogens is 2. The van der Waals surface area contributed by atoms with Crippen molar-refractivity contribution in [3.8, 4) is 0 Å². The molecule has 0 saturated heterocycles. The van der Waals surface area contributed by atoms with E-state index in [4.69, 9.17) is 4.74 Å². The van der Waals surface area contributed by atoms with E-state index < -0.39 is 0 Å². The second-order valence-electron chi connectivity index (χ2n) is 3.45. The molecule has 90 valence electrons. The third kappa shape index (κ3) is 3.86. The van der Waals surface area contributed by atoms with E-state index in [0.717, 1.165) is 33.9 Å². The number of rotatable bonds is 6. The molecule has 0 aliphatic rings. The number of ether oxygens (including phenoxy) is 1. The number of nitrogens with one attached hydrogen (secondary N) is 1. The van der Waals surface area contributed by atoms with Crippen LogP contribution in [0.2, 0.25) is 0 Å². The molecule has 4 nitrogen and oxygen atoms in total. The van der Waals surface area contributed by atoms with Crippen LogP contribution in [0.25, 0.3) is 0 Å². The highest BCUT2D eigenvalue weighted by molar-refractivity contribution is 14.1. The second-order valence-corrected chi connectivity index (χ2v) is 4.53. The molecule has 16 heavy (non-hydrogen) atoms.